The molecule has 0 fully saturated rings. The van der Waals surface area contributed by atoms with E-state index in [-0.39, 0.29) is 22.0 Å². The molecule has 4 rings (SSSR count). The van der Waals surface area contributed by atoms with Crippen LogP contribution in [0.5, 0.6) is 11.5 Å². The van der Waals surface area contributed by atoms with E-state index in [0.717, 1.165) is 4.90 Å². The van der Waals surface area contributed by atoms with E-state index in [4.69, 9.17) is 21.1 Å². The fourth-order valence-corrected chi connectivity index (χ4v) is 3.80. The van der Waals surface area contributed by atoms with Gasteiger partial charge in [-0.3, -0.25) is 9.59 Å². The van der Waals surface area contributed by atoms with Gasteiger partial charge in [0.1, 0.15) is 23.0 Å². The summed E-state index contributed by atoms with van der Waals surface area (Å²) in [4.78, 5) is 28.0. The molecule has 33 heavy (non-hydrogen) atoms. The van der Waals surface area contributed by atoms with Crippen molar-refractivity contribution in [3.63, 3.8) is 0 Å². The summed E-state index contributed by atoms with van der Waals surface area (Å²) in [6.07, 6.45) is 0. The molecule has 0 atom stereocenters. The largest absolute Gasteiger partial charge is 0.495 e. The predicted octanol–water partition coefficient (Wildman–Crippen LogP) is 5.28. The molecule has 6 nitrogen and oxygen atoms in total. The van der Waals surface area contributed by atoms with Gasteiger partial charge in [-0.05, 0) is 55.0 Å². The van der Waals surface area contributed by atoms with Crippen molar-refractivity contribution in [3.05, 3.63) is 88.8 Å². The first-order valence-corrected chi connectivity index (χ1v) is 10.5. The maximum Gasteiger partial charge on any atom is 0.282 e. The first kappa shape index (κ1) is 22.4. The number of methoxy groups -OCH3 is 1. The SMILES string of the molecule is CCOc1ccccc1NC1=C(c2ccc(F)cc2)C(=O)N(c2ccc(OC)c(Cl)c2)C1=O. The van der Waals surface area contributed by atoms with Crippen molar-refractivity contribution < 1.29 is 23.5 Å². The van der Waals surface area contributed by atoms with Gasteiger partial charge in [-0.15, -0.1) is 0 Å². The van der Waals surface area contributed by atoms with Gasteiger partial charge in [-0.25, -0.2) is 9.29 Å². The van der Waals surface area contributed by atoms with Gasteiger partial charge >= 0.3 is 0 Å². The summed E-state index contributed by atoms with van der Waals surface area (Å²) < 4.78 is 24.4. The van der Waals surface area contributed by atoms with Crippen LogP contribution in [0.25, 0.3) is 5.57 Å². The molecule has 1 heterocycles. The van der Waals surface area contributed by atoms with Crippen molar-refractivity contribution in [2.24, 2.45) is 0 Å². The lowest BCUT2D eigenvalue weighted by Crippen LogP contribution is -2.32. The van der Waals surface area contributed by atoms with Crippen molar-refractivity contribution in [1.29, 1.82) is 0 Å². The Labute approximate surface area is 195 Å². The second-order valence-corrected chi connectivity index (χ2v) is 7.48. The first-order chi connectivity index (χ1) is 15.9. The number of benzene rings is 3. The topological polar surface area (TPSA) is 67.9 Å². The number of hydrogen-bond donors (Lipinski definition) is 1. The van der Waals surface area contributed by atoms with Crippen LogP contribution in [-0.4, -0.2) is 25.5 Å². The van der Waals surface area contributed by atoms with E-state index in [1.54, 1.807) is 36.4 Å². The molecule has 1 N–H and O–H groups in total. The molecule has 1 aliphatic heterocycles. The van der Waals surface area contributed by atoms with Gasteiger partial charge in [0.15, 0.2) is 0 Å². The Balaban J connectivity index is 1.82. The number of halogens is 2. The lowest BCUT2D eigenvalue weighted by molar-refractivity contribution is -0.120. The molecule has 0 saturated carbocycles. The highest BCUT2D eigenvalue weighted by molar-refractivity contribution is 6.46. The second kappa shape index (κ2) is 9.34. The van der Waals surface area contributed by atoms with E-state index in [1.807, 2.05) is 6.92 Å². The van der Waals surface area contributed by atoms with Gasteiger partial charge in [-0.1, -0.05) is 35.9 Å². The molecule has 3 aromatic carbocycles. The minimum atomic E-state index is -0.577. The maximum atomic E-state index is 13.5. The summed E-state index contributed by atoms with van der Waals surface area (Å²) in [7, 11) is 1.47. The molecule has 0 saturated heterocycles. The number of ether oxygens (including phenoxy) is 2. The lowest BCUT2D eigenvalue weighted by Gasteiger charge is -2.17. The lowest BCUT2D eigenvalue weighted by atomic mass is 10.0. The molecule has 0 spiro atoms. The summed E-state index contributed by atoms with van der Waals surface area (Å²) in [5.74, 6) is -0.658. The fourth-order valence-electron chi connectivity index (χ4n) is 3.54. The Hall–Kier alpha value is -3.84. The van der Waals surface area contributed by atoms with Crippen molar-refractivity contribution in [2.75, 3.05) is 23.9 Å². The third-order valence-electron chi connectivity index (χ3n) is 5.06. The molecule has 8 heteroatoms. The van der Waals surface area contributed by atoms with E-state index >= 15 is 0 Å². The Morgan fingerprint density at radius 2 is 1.70 bits per heavy atom. The van der Waals surface area contributed by atoms with Crippen LogP contribution in [0.2, 0.25) is 5.02 Å². The molecule has 0 aromatic heterocycles. The third kappa shape index (κ3) is 4.27. The van der Waals surface area contributed by atoms with Gasteiger partial charge in [0.05, 0.1) is 35.7 Å². The quantitative estimate of drug-likeness (QED) is 0.480. The van der Waals surface area contributed by atoms with E-state index in [2.05, 4.69) is 5.32 Å². The minimum Gasteiger partial charge on any atom is -0.495 e. The van der Waals surface area contributed by atoms with Gasteiger partial charge in [-0.2, -0.15) is 0 Å². The summed E-state index contributed by atoms with van der Waals surface area (Å²) in [5, 5.41) is 3.32. The smallest absolute Gasteiger partial charge is 0.282 e. The number of carbonyl (C=O) groups is 2. The summed E-state index contributed by atoms with van der Waals surface area (Å²) in [6.45, 7) is 2.27. The summed E-state index contributed by atoms with van der Waals surface area (Å²) in [6, 6.07) is 17.1. The van der Waals surface area contributed by atoms with Crippen LogP contribution in [0, 0.1) is 5.82 Å². The normalized spacial score (nSPS) is 13.5. The minimum absolute atomic E-state index is 0.0469. The number of imide groups is 1. The van der Waals surface area contributed by atoms with Crippen LogP contribution in [0.1, 0.15) is 12.5 Å². The number of amides is 2. The van der Waals surface area contributed by atoms with Crippen LogP contribution >= 0.6 is 11.6 Å². The number of para-hydroxylation sites is 2. The Bertz CT molecular complexity index is 1260. The predicted molar refractivity (Wildman–Crippen MR) is 125 cm³/mol. The first-order valence-electron chi connectivity index (χ1n) is 10.2. The molecule has 0 aliphatic carbocycles. The zero-order chi connectivity index (χ0) is 23.5. The molecule has 0 bridgehead atoms. The standard InChI is InChI=1S/C25H20ClFN2O4/c1-3-33-21-7-5-4-6-19(21)28-23-22(15-8-10-16(27)11-9-15)24(30)29(25(23)31)17-12-13-20(32-2)18(26)14-17/h4-14,28H,3H2,1-2H3. The van der Waals surface area contributed by atoms with Crippen LogP contribution in [0.15, 0.2) is 72.4 Å². The number of rotatable bonds is 7. The Morgan fingerprint density at radius 1 is 0.970 bits per heavy atom. The van der Waals surface area contributed by atoms with Crippen LogP contribution in [-0.2, 0) is 9.59 Å². The van der Waals surface area contributed by atoms with Crippen molar-refractivity contribution in [3.8, 4) is 11.5 Å². The molecule has 168 valence electrons. The third-order valence-corrected chi connectivity index (χ3v) is 5.35. The van der Waals surface area contributed by atoms with Crippen LogP contribution in [0.4, 0.5) is 15.8 Å². The second-order valence-electron chi connectivity index (χ2n) is 7.08. The highest BCUT2D eigenvalue weighted by atomic mass is 35.5. The molecule has 3 aromatic rings. The van der Waals surface area contributed by atoms with Gasteiger partial charge in [0.25, 0.3) is 11.8 Å². The van der Waals surface area contributed by atoms with Crippen molar-refractivity contribution >= 4 is 40.4 Å². The van der Waals surface area contributed by atoms with Crippen LogP contribution in [0.3, 0.4) is 0 Å². The molecular weight excluding hydrogens is 447 g/mol. The average Bonchev–Trinajstić information content (AvgIpc) is 3.05. The number of nitrogens with one attached hydrogen (secondary N) is 1. The highest BCUT2D eigenvalue weighted by Crippen LogP contribution is 2.37. The summed E-state index contributed by atoms with van der Waals surface area (Å²) >= 11 is 6.23. The molecule has 0 radical (unpaired) electrons. The molecular formula is C25H20ClFN2O4. The van der Waals surface area contributed by atoms with Gasteiger partial charge in [0.2, 0.25) is 0 Å². The van der Waals surface area contributed by atoms with E-state index < -0.39 is 17.6 Å². The van der Waals surface area contributed by atoms with Crippen molar-refractivity contribution in [2.45, 2.75) is 6.92 Å². The Morgan fingerprint density at radius 3 is 2.36 bits per heavy atom. The number of anilines is 2. The number of nitrogens with zero attached hydrogens (tertiary/aromatic N) is 1. The zero-order valence-corrected chi connectivity index (χ0v) is 18.7. The molecule has 1 aliphatic rings. The average molecular weight is 467 g/mol. The highest BCUT2D eigenvalue weighted by Gasteiger charge is 2.40. The summed E-state index contributed by atoms with van der Waals surface area (Å²) in [5.41, 5.74) is 1.35. The monoisotopic (exact) mass is 466 g/mol. The van der Waals surface area contributed by atoms with Gasteiger partial charge in [0, 0.05) is 0 Å². The van der Waals surface area contributed by atoms with E-state index in [0.29, 0.717) is 29.4 Å². The van der Waals surface area contributed by atoms with E-state index in [1.165, 1.54) is 37.4 Å². The zero-order valence-electron chi connectivity index (χ0n) is 17.9. The number of carbonyl (C=O) groups excluding carboxylic acids is 2. The van der Waals surface area contributed by atoms with E-state index in [9.17, 15) is 14.0 Å². The van der Waals surface area contributed by atoms with Gasteiger partial charge < -0.3 is 14.8 Å². The van der Waals surface area contributed by atoms with Crippen LogP contribution < -0.4 is 19.7 Å². The maximum absolute atomic E-state index is 13.5. The Kier molecular flexibility index (Phi) is 6.33. The van der Waals surface area contributed by atoms with Crippen molar-refractivity contribution in [1.82, 2.24) is 0 Å². The fraction of sp³-hybridized carbons (Fsp3) is 0.120. The molecule has 0 unspecified atom stereocenters. The molecule has 2 amide bonds. The number of hydrogen-bond acceptors (Lipinski definition) is 5.